The van der Waals surface area contributed by atoms with Crippen LogP contribution in [-0.2, 0) is 6.42 Å². The summed E-state index contributed by atoms with van der Waals surface area (Å²) < 4.78 is 5.19. The Labute approximate surface area is 170 Å². The number of urea groups is 1. The lowest BCUT2D eigenvalue weighted by molar-refractivity contribution is 0.252. The molecule has 1 aromatic carbocycles. The summed E-state index contributed by atoms with van der Waals surface area (Å²) in [5.74, 6) is 1.56. The molecule has 28 heavy (non-hydrogen) atoms. The van der Waals surface area contributed by atoms with Gasteiger partial charge in [0.1, 0.15) is 0 Å². The van der Waals surface area contributed by atoms with E-state index in [1.165, 1.54) is 19.3 Å². The lowest BCUT2D eigenvalue weighted by atomic mass is 10.1. The number of carbonyl (C=O) groups is 1. The van der Waals surface area contributed by atoms with E-state index in [4.69, 9.17) is 16.1 Å². The molecule has 152 valence electrons. The Morgan fingerprint density at radius 1 is 1.29 bits per heavy atom. The van der Waals surface area contributed by atoms with Crippen molar-refractivity contribution in [2.45, 2.75) is 51.9 Å². The maximum absolute atomic E-state index is 12.1. The van der Waals surface area contributed by atoms with Gasteiger partial charge in [-0.3, -0.25) is 0 Å². The molecule has 3 rings (SSSR count). The van der Waals surface area contributed by atoms with Crippen LogP contribution in [-0.4, -0.2) is 35.8 Å². The quantitative estimate of drug-likeness (QED) is 0.658. The van der Waals surface area contributed by atoms with E-state index in [1.54, 1.807) is 6.07 Å². The smallest absolute Gasteiger partial charge is 0.319 e. The average Bonchev–Trinajstić information content (AvgIpc) is 3.15. The molecule has 2 aromatic rings. The number of amides is 2. The lowest BCUT2D eigenvalue weighted by Gasteiger charge is -2.29. The van der Waals surface area contributed by atoms with Crippen LogP contribution in [0.2, 0.25) is 5.02 Å². The SMILES string of the molecule is CC(C)c1noc(CCCNC(=O)Nc2ccc(N3CCCCC3)c(Cl)c2)n1. The third-order valence-electron chi connectivity index (χ3n) is 4.76. The zero-order valence-electron chi connectivity index (χ0n) is 16.5. The highest BCUT2D eigenvalue weighted by Gasteiger charge is 2.14. The molecule has 1 aliphatic heterocycles. The van der Waals surface area contributed by atoms with Crippen LogP contribution in [0.4, 0.5) is 16.2 Å². The highest BCUT2D eigenvalue weighted by molar-refractivity contribution is 6.33. The first-order valence-electron chi connectivity index (χ1n) is 9.95. The van der Waals surface area contributed by atoms with E-state index in [9.17, 15) is 4.79 Å². The Hall–Kier alpha value is -2.28. The molecule has 0 bridgehead atoms. The molecular formula is C20H28ClN5O2. The van der Waals surface area contributed by atoms with E-state index >= 15 is 0 Å². The molecule has 0 aliphatic carbocycles. The largest absolute Gasteiger partial charge is 0.370 e. The van der Waals surface area contributed by atoms with Gasteiger partial charge >= 0.3 is 6.03 Å². The Morgan fingerprint density at radius 2 is 2.07 bits per heavy atom. The van der Waals surface area contributed by atoms with E-state index in [1.807, 2.05) is 26.0 Å². The Morgan fingerprint density at radius 3 is 2.75 bits per heavy atom. The minimum Gasteiger partial charge on any atom is -0.370 e. The Kier molecular flexibility index (Phi) is 7.14. The molecular weight excluding hydrogens is 378 g/mol. The van der Waals surface area contributed by atoms with Crippen molar-refractivity contribution in [1.82, 2.24) is 15.5 Å². The number of anilines is 2. The number of halogens is 1. The number of carbonyl (C=O) groups excluding carboxylic acids is 1. The maximum atomic E-state index is 12.1. The van der Waals surface area contributed by atoms with Crippen molar-refractivity contribution in [3.63, 3.8) is 0 Å². The zero-order valence-corrected chi connectivity index (χ0v) is 17.3. The van der Waals surface area contributed by atoms with Gasteiger partial charge in [0.15, 0.2) is 5.82 Å². The highest BCUT2D eigenvalue weighted by Crippen LogP contribution is 2.30. The van der Waals surface area contributed by atoms with Gasteiger partial charge in [-0.05, 0) is 43.9 Å². The van der Waals surface area contributed by atoms with Gasteiger partial charge in [-0.2, -0.15) is 4.98 Å². The monoisotopic (exact) mass is 405 g/mol. The van der Waals surface area contributed by atoms with Crippen molar-refractivity contribution >= 4 is 29.0 Å². The number of nitrogens with zero attached hydrogens (tertiary/aromatic N) is 3. The molecule has 1 aliphatic rings. The third kappa shape index (κ3) is 5.61. The van der Waals surface area contributed by atoms with Gasteiger partial charge in [0, 0.05) is 37.7 Å². The third-order valence-corrected chi connectivity index (χ3v) is 5.06. The number of aryl methyl sites for hydroxylation is 1. The van der Waals surface area contributed by atoms with Crippen molar-refractivity contribution in [1.29, 1.82) is 0 Å². The molecule has 0 spiro atoms. The van der Waals surface area contributed by atoms with E-state index < -0.39 is 0 Å². The van der Waals surface area contributed by atoms with Crippen LogP contribution in [0.1, 0.15) is 57.2 Å². The second-order valence-corrected chi connectivity index (χ2v) is 7.81. The molecule has 1 aromatic heterocycles. The molecule has 2 heterocycles. The van der Waals surface area contributed by atoms with Crippen LogP contribution >= 0.6 is 11.6 Å². The lowest BCUT2D eigenvalue weighted by Crippen LogP contribution is -2.30. The topological polar surface area (TPSA) is 83.3 Å². The Balaban J connectivity index is 1.42. The van der Waals surface area contributed by atoms with Gasteiger partial charge in [-0.25, -0.2) is 4.79 Å². The number of nitrogens with one attached hydrogen (secondary N) is 2. The summed E-state index contributed by atoms with van der Waals surface area (Å²) >= 11 is 6.43. The van der Waals surface area contributed by atoms with E-state index in [-0.39, 0.29) is 11.9 Å². The predicted octanol–water partition coefficient (Wildman–Crippen LogP) is 4.59. The minimum absolute atomic E-state index is 0.245. The second-order valence-electron chi connectivity index (χ2n) is 7.40. The summed E-state index contributed by atoms with van der Waals surface area (Å²) in [5, 5.41) is 10.3. The van der Waals surface area contributed by atoms with Crippen molar-refractivity contribution in [3.05, 3.63) is 34.9 Å². The molecule has 0 saturated carbocycles. The first-order valence-corrected chi connectivity index (χ1v) is 10.3. The number of benzene rings is 1. The standard InChI is InChI=1S/C20H28ClN5O2/c1-14(2)19-24-18(28-25-19)7-6-10-22-20(27)23-15-8-9-17(16(21)13-15)26-11-4-3-5-12-26/h8-9,13-14H,3-7,10-12H2,1-2H3,(H2,22,23,27). The van der Waals surface area contributed by atoms with Crippen molar-refractivity contribution in [2.24, 2.45) is 0 Å². The zero-order chi connectivity index (χ0) is 19.9. The number of rotatable bonds is 7. The first kappa shape index (κ1) is 20.5. The van der Waals surface area contributed by atoms with Crippen LogP contribution in [0, 0.1) is 0 Å². The highest BCUT2D eigenvalue weighted by atomic mass is 35.5. The predicted molar refractivity (Wildman–Crippen MR) is 111 cm³/mol. The number of hydrogen-bond donors (Lipinski definition) is 2. The summed E-state index contributed by atoms with van der Waals surface area (Å²) in [6, 6.07) is 5.42. The van der Waals surface area contributed by atoms with Gasteiger partial charge in [0.2, 0.25) is 5.89 Å². The number of aromatic nitrogens is 2. The van der Waals surface area contributed by atoms with Crippen molar-refractivity contribution in [3.8, 4) is 0 Å². The van der Waals surface area contributed by atoms with Gasteiger partial charge in [-0.1, -0.05) is 30.6 Å². The summed E-state index contributed by atoms with van der Waals surface area (Å²) in [6.45, 7) is 6.62. The summed E-state index contributed by atoms with van der Waals surface area (Å²) in [4.78, 5) is 18.7. The van der Waals surface area contributed by atoms with Gasteiger partial charge in [0.05, 0.1) is 10.7 Å². The fourth-order valence-corrected chi connectivity index (χ4v) is 3.50. The molecule has 2 amide bonds. The molecule has 0 atom stereocenters. The second kappa shape index (κ2) is 9.78. The normalized spacial score (nSPS) is 14.4. The number of hydrogen-bond acceptors (Lipinski definition) is 5. The molecule has 7 nitrogen and oxygen atoms in total. The van der Waals surface area contributed by atoms with Crippen LogP contribution in [0.15, 0.2) is 22.7 Å². The van der Waals surface area contributed by atoms with Crippen molar-refractivity contribution < 1.29 is 9.32 Å². The molecule has 1 saturated heterocycles. The van der Waals surface area contributed by atoms with Gasteiger partial charge < -0.3 is 20.1 Å². The van der Waals surface area contributed by atoms with Crippen LogP contribution in [0.3, 0.4) is 0 Å². The van der Waals surface area contributed by atoms with Crippen LogP contribution in [0.25, 0.3) is 0 Å². The molecule has 1 fully saturated rings. The molecule has 8 heteroatoms. The first-order chi connectivity index (χ1) is 13.5. The molecule has 0 unspecified atom stereocenters. The van der Waals surface area contributed by atoms with Gasteiger partial charge in [0.25, 0.3) is 0 Å². The molecule has 2 N–H and O–H groups in total. The van der Waals surface area contributed by atoms with Crippen LogP contribution < -0.4 is 15.5 Å². The van der Waals surface area contributed by atoms with E-state index in [0.717, 1.165) is 25.2 Å². The fourth-order valence-electron chi connectivity index (χ4n) is 3.20. The number of piperidine rings is 1. The average molecular weight is 406 g/mol. The maximum Gasteiger partial charge on any atom is 0.319 e. The summed E-state index contributed by atoms with van der Waals surface area (Å²) in [6.07, 6.45) is 5.03. The molecule has 0 radical (unpaired) electrons. The fraction of sp³-hybridized carbons (Fsp3) is 0.550. The summed E-state index contributed by atoms with van der Waals surface area (Å²) in [5.41, 5.74) is 1.72. The van der Waals surface area contributed by atoms with E-state index in [2.05, 4.69) is 25.7 Å². The van der Waals surface area contributed by atoms with Crippen molar-refractivity contribution in [2.75, 3.05) is 29.9 Å². The van der Waals surface area contributed by atoms with Crippen LogP contribution in [0.5, 0.6) is 0 Å². The summed E-state index contributed by atoms with van der Waals surface area (Å²) in [7, 11) is 0. The Bertz CT molecular complexity index is 787. The van der Waals surface area contributed by atoms with Gasteiger partial charge in [-0.15, -0.1) is 0 Å². The van der Waals surface area contributed by atoms with E-state index in [0.29, 0.717) is 35.4 Å². The minimum atomic E-state index is -0.254.